The molecule has 0 saturated carbocycles. The third-order valence-electron chi connectivity index (χ3n) is 3.75. The molecule has 0 spiro atoms. The van der Waals surface area contributed by atoms with Crippen molar-refractivity contribution in [2.24, 2.45) is 0 Å². The fourth-order valence-electron chi connectivity index (χ4n) is 2.44. The summed E-state index contributed by atoms with van der Waals surface area (Å²) in [5.74, 6) is 1.90. The first kappa shape index (κ1) is 17.5. The first-order valence-corrected chi connectivity index (χ1v) is 8.05. The molecular weight excluding hydrogens is 334 g/mol. The molecule has 1 amide bonds. The van der Waals surface area contributed by atoms with Gasteiger partial charge in [0.05, 0.1) is 27.2 Å². The predicted octanol–water partition coefficient (Wildman–Crippen LogP) is 2.61. The van der Waals surface area contributed by atoms with Gasteiger partial charge < -0.3 is 19.3 Å². The molecule has 0 radical (unpaired) electrons. The molecule has 1 heterocycles. The summed E-state index contributed by atoms with van der Waals surface area (Å²) in [6.45, 7) is 0.173. The second-order valence-corrected chi connectivity index (χ2v) is 5.52. The van der Waals surface area contributed by atoms with E-state index in [0.29, 0.717) is 23.2 Å². The summed E-state index contributed by atoms with van der Waals surface area (Å²) in [7, 11) is 3.12. The SMILES string of the molecule is COc1ccc(CC(=O)NCc2nc(-c3ccccc3)no2)cc1OC. The molecule has 0 bridgehead atoms. The number of hydrogen-bond donors (Lipinski definition) is 1. The number of amides is 1. The molecule has 0 unspecified atom stereocenters. The maximum atomic E-state index is 12.1. The zero-order valence-electron chi connectivity index (χ0n) is 14.6. The predicted molar refractivity (Wildman–Crippen MR) is 94.8 cm³/mol. The average molecular weight is 353 g/mol. The fraction of sp³-hybridized carbons (Fsp3) is 0.211. The molecule has 7 heteroatoms. The zero-order valence-corrected chi connectivity index (χ0v) is 14.6. The molecule has 0 saturated heterocycles. The Hall–Kier alpha value is -3.35. The maximum absolute atomic E-state index is 12.1. The molecule has 7 nitrogen and oxygen atoms in total. The van der Waals surface area contributed by atoms with Gasteiger partial charge >= 0.3 is 0 Å². The number of ether oxygens (including phenoxy) is 2. The Bertz CT molecular complexity index is 878. The van der Waals surface area contributed by atoms with E-state index in [1.807, 2.05) is 36.4 Å². The normalized spacial score (nSPS) is 10.4. The lowest BCUT2D eigenvalue weighted by Crippen LogP contribution is -2.24. The largest absolute Gasteiger partial charge is 0.493 e. The minimum absolute atomic E-state index is 0.156. The monoisotopic (exact) mass is 353 g/mol. The van der Waals surface area contributed by atoms with Gasteiger partial charge in [-0.3, -0.25) is 4.79 Å². The van der Waals surface area contributed by atoms with E-state index in [-0.39, 0.29) is 18.9 Å². The lowest BCUT2D eigenvalue weighted by atomic mass is 10.1. The number of carbonyl (C=O) groups is 1. The minimum Gasteiger partial charge on any atom is -0.493 e. The minimum atomic E-state index is -0.156. The number of carbonyl (C=O) groups excluding carboxylic acids is 1. The molecule has 3 rings (SSSR count). The van der Waals surface area contributed by atoms with Crippen LogP contribution >= 0.6 is 0 Å². The van der Waals surface area contributed by atoms with Crippen LogP contribution in [0.1, 0.15) is 11.5 Å². The van der Waals surface area contributed by atoms with Gasteiger partial charge in [0.15, 0.2) is 11.5 Å². The lowest BCUT2D eigenvalue weighted by molar-refractivity contribution is -0.120. The van der Waals surface area contributed by atoms with E-state index in [9.17, 15) is 4.79 Å². The van der Waals surface area contributed by atoms with Crippen LogP contribution in [-0.2, 0) is 17.8 Å². The van der Waals surface area contributed by atoms with E-state index in [4.69, 9.17) is 14.0 Å². The van der Waals surface area contributed by atoms with Crippen molar-refractivity contribution < 1.29 is 18.8 Å². The van der Waals surface area contributed by atoms with E-state index >= 15 is 0 Å². The van der Waals surface area contributed by atoms with Gasteiger partial charge in [-0.25, -0.2) is 0 Å². The van der Waals surface area contributed by atoms with Crippen LogP contribution in [-0.4, -0.2) is 30.3 Å². The maximum Gasteiger partial charge on any atom is 0.246 e. The number of nitrogens with one attached hydrogen (secondary N) is 1. The Labute approximate surface area is 150 Å². The molecular formula is C19H19N3O4. The van der Waals surface area contributed by atoms with Crippen molar-refractivity contribution in [3.63, 3.8) is 0 Å². The van der Waals surface area contributed by atoms with Gasteiger partial charge in [-0.2, -0.15) is 4.98 Å². The quantitative estimate of drug-likeness (QED) is 0.703. The van der Waals surface area contributed by atoms with Gasteiger partial charge in [0.2, 0.25) is 17.6 Å². The van der Waals surface area contributed by atoms with E-state index < -0.39 is 0 Å². The molecule has 3 aromatic rings. The molecule has 0 aliphatic heterocycles. The average Bonchev–Trinajstić information content (AvgIpc) is 3.16. The first-order chi connectivity index (χ1) is 12.7. The van der Waals surface area contributed by atoms with Crippen molar-refractivity contribution >= 4 is 5.91 Å². The molecule has 1 N–H and O–H groups in total. The molecule has 0 fully saturated rings. The Kier molecular flexibility index (Phi) is 5.48. The lowest BCUT2D eigenvalue weighted by Gasteiger charge is -2.09. The highest BCUT2D eigenvalue weighted by molar-refractivity contribution is 5.78. The van der Waals surface area contributed by atoms with Crippen LogP contribution in [0.2, 0.25) is 0 Å². The van der Waals surface area contributed by atoms with Crippen molar-refractivity contribution in [2.75, 3.05) is 14.2 Å². The summed E-state index contributed by atoms with van der Waals surface area (Å²) in [4.78, 5) is 16.4. The third-order valence-corrected chi connectivity index (χ3v) is 3.75. The standard InChI is InChI=1S/C19H19N3O4/c1-24-15-9-8-13(10-16(15)25-2)11-17(23)20-12-18-21-19(22-26-18)14-6-4-3-5-7-14/h3-10H,11-12H2,1-2H3,(H,20,23). The summed E-state index contributed by atoms with van der Waals surface area (Å²) >= 11 is 0. The Morgan fingerprint density at radius 3 is 2.58 bits per heavy atom. The molecule has 0 aliphatic carbocycles. The Morgan fingerprint density at radius 2 is 1.85 bits per heavy atom. The number of methoxy groups -OCH3 is 2. The summed E-state index contributed by atoms with van der Waals surface area (Å²) in [6, 6.07) is 14.9. The van der Waals surface area contributed by atoms with E-state index in [1.165, 1.54) is 0 Å². The van der Waals surface area contributed by atoms with Crippen LogP contribution in [0.4, 0.5) is 0 Å². The van der Waals surface area contributed by atoms with Crippen LogP contribution in [0.5, 0.6) is 11.5 Å². The van der Waals surface area contributed by atoms with Crippen molar-refractivity contribution in [2.45, 2.75) is 13.0 Å². The number of aromatic nitrogens is 2. The van der Waals surface area contributed by atoms with Crippen LogP contribution < -0.4 is 14.8 Å². The van der Waals surface area contributed by atoms with Gasteiger partial charge in [0, 0.05) is 5.56 Å². The van der Waals surface area contributed by atoms with Gasteiger partial charge in [-0.05, 0) is 17.7 Å². The molecule has 1 aromatic heterocycles. The highest BCUT2D eigenvalue weighted by Gasteiger charge is 2.11. The second-order valence-electron chi connectivity index (χ2n) is 5.52. The van der Waals surface area contributed by atoms with Gasteiger partial charge in [0.1, 0.15) is 0 Å². The number of rotatable bonds is 7. The molecule has 0 atom stereocenters. The highest BCUT2D eigenvalue weighted by atomic mass is 16.5. The van der Waals surface area contributed by atoms with E-state index in [2.05, 4.69) is 15.5 Å². The number of benzene rings is 2. The topological polar surface area (TPSA) is 86.5 Å². The zero-order chi connectivity index (χ0) is 18.4. The van der Waals surface area contributed by atoms with Crippen molar-refractivity contribution in [1.82, 2.24) is 15.5 Å². The third kappa shape index (κ3) is 4.18. The molecule has 0 aliphatic rings. The summed E-state index contributed by atoms with van der Waals surface area (Å²) in [5.41, 5.74) is 1.68. The second kappa shape index (κ2) is 8.15. The highest BCUT2D eigenvalue weighted by Crippen LogP contribution is 2.27. The Balaban J connectivity index is 1.57. The molecule has 134 valence electrons. The number of nitrogens with zero attached hydrogens (tertiary/aromatic N) is 2. The first-order valence-electron chi connectivity index (χ1n) is 8.05. The summed E-state index contributed by atoms with van der Waals surface area (Å²) in [5, 5.41) is 6.69. The smallest absolute Gasteiger partial charge is 0.246 e. The van der Waals surface area contributed by atoms with E-state index in [1.54, 1.807) is 26.4 Å². The van der Waals surface area contributed by atoms with Crippen LogP contribution in [0.15, 0.2) is 53.1 Å². The van der Waals surface area contributed by atoms with Gasteiger partial charge in [-0.15, -0.1) is 0 Å². The molecule has 2 aromatic carbocycles. The number of hydrogen-bond acceptors (Lipinski definition) is 6. The Morgan fingerprint density at radius 1 is 1.08 bits per heavy atom. The van der Waals surface area contributed by atoms with E-state index in [0.717, 1.165) is 11.1 Å². The van der Waals surface area contributed by atoms with Gasteiger partial charge in [-0.1, -0.05) is 41.6 Å². The van der Waals surface area contributed by atoms with Crippen LogP contribution in [0, 0.1) is 0 Å². The van der Waals surface area contributed by atoms with Gasteiger partial charge in [0.25, 0.3) is 0 Å². The summed E-state index contributed by atoms with van der Waals surface area (Å²) in [6.07, 6.45) is 0.208. The molecule has 26 heavy (non-hydrogen) atoms. The van der Waals surface area contributed by atoms with Crippen LogP contribution in [0.25, 0.3) is 11.4 Å². The van der Waals surface area contributed by atoms with Crippen molar-refractivity contribution in [3.8, 4) is 22.9 Å². The summed E-state index contributed by atoms with van der Waals surface area (Å²) < 4.78 is 15.6. The fourth-order valence-corrected chi connectivity index (χ4v) is 2.44. The van der Waals surface area contributed by atoms with Crippen molar-refractivity contribution in [3.05, 3.63) is 60.0 Å². The van der Waals surface area contributed by atoms with Crippen LogP contribution in [0.3, 0.4) is 0 Å². The van der Waals surface area contributed by atoms with Crippen molar-refractivity contribution in [1.29, 1.82) is 0 Å².